The molecule has 2 aromatic carbocycles. The predicted octanol–water partition coefficient (Wildman–Crippen LogP) is 4.35. The first-order chi connectivity index (χ1) is 10.3. The Balaban J connectivity index is 2.26. The quantitative estimate of drug-likeness (QED) is 0.352. The van der Waals surface area contributed by atoms with Gasteiger partial charge in [-0.2, -0.15) is 0 Å². The first-order valence-electron chi connectivity index (χ1n) is 6.96. The molecule has 2 nitrogen and oxygen atoms in total. The summed E-state index contributed by atoms with van der Waals surface area (Å²) in [6, 6.07) is 19.6. The summed E-state index contributed by atoms with van der Waals surface area (Å²) < 4.78 is 5.11. The molecule has 0 amide bonds. The number of hydrogen-bond acceptors (Lipinski definition) is 2. The summed E-state index contributed by atoms with van der Waals surface area (Å²) in [6.45, 7) is 2.17. The highest BCUT2D eigenvalue weighted by Gasteiger charge is 2.07. The van der Waals surface area contributed by atoms with Crippen molar-refractivity contribution in [2.75, 3.05) is 6.61 Å². The number of carbonyl (C=O) groups excluding carboxylic acids is 1. The molecule has 0 radical (unpaired) electrons. The van der Waals surface area contributed by atoms with Crippen LogP contribution >= 0.6 is 0 Å². The summed E-state index contributed by atoms with van der Waals surface area (Å²) in [4.78, 5) is 12.0. The second-order valence-electron chi connectivity index (χ2n) is 4.47. The van der Waals surface area contributed by atoms with Gasteiger partial charge in [-0.05, 0) is 30.2 Å². The fraction of sp³-hybridized carbons (Fsp3) is 0.105. The fourth-order valence-corrected chi connectivity index (χ4v) is 1.87. The molecule has 106 valence electrons. The van der Waals surface area contributed by atoms with Crippen LogP contribution in [0.2, 0.25) is 0 Å². The van der Waals surface area contributed by atoms with Crippen molar-refractivity contribution in [2.45, 2.75) is 6.92 Å². The van der Waals surface area contributed by atoms with E-state index >= 15 is 0 Å². The minimum Gasteiger partial charge on any atom is -0.462 e. The van der Waals surface area contributed by atoms with Gasteiger partial charge in [0, 0.05) is 0 Å². The van der Waals surface area contributed by atoms with Gasteiger partial charge in [0.05, 0.1) is 12.2 Å². The first-order valence-corrected chi connectivity index (χ1v) is 6.96. The Morgan fingerprint density at radius 3 is 2.10 bits per heavy atom. The third-order valence-corrected chi connectivity index (χ3v) is 2.89. The molecule has 0 aliphatic rings. The van der Waals surface area contributed by atoms with Gasteiger partial charge in [0.15, 0.2) is 0 Å². The monoisotopic (exact) mass is 280 g/mol. The highest BCUT2D eigenvalue weighted by Crippen LogP contribution is 2.12. The summed E-state index contributed by atoms with van der Waals surface area (Å²) in [5.41, 5.74) is 2.55. The molecule has 0 saturated heterocycles. The molecule has 0 unspecified atom stereocenters. The van der Waals surface area contributed by atoms with E-state index in [1.165, 1.54) is 0 Å². The Kier molecular flexibility index (Phi) is 5.53. The molecule has 0 aromatic heterocycles. The van der Waals surface area contributed by atoms with E-state index in [-0.39, 0.29) is 5.97 Å². The molecule has 0 heterocycles. The maximum absolute atomic E-state index is 12.0. The molecule has 2 heteroatoms. The van der Waals surface area contributed by atoms with Gasteiger partial charge in [0.2, 0.25) is 0 Å². The maximum Gasteiger partial charge on any atom is 0.338 e. The number of benzene rings is 2. The molecule has 0 aliphatic carbocycles. The van der Waals surface area contributed by atoms with Crippen molar-refractivity contribution in [1.82, 2.24) is 0 Å². The number of rotatable bonds is 5. The van der Waals surface area contributed by atoms with E-state index in [1.807, 2.05) is 72.8 Å². The molecular formula is C19H18O2. The highest BCUT2D eigenvalue weighted by atomic mass is 16.5. The van der Waals surface area contributed by atoms with Crippen molar-refractivity contribution >= 4 is 18.1 Å². The Hall–Kier alpha value is -2.61. The average molecular weight is 280 g/mol. The lowest BCUT2D eigenvalue weighted by atomic mass is 10.2. The predicted molar refractivity (Wildman–Crippen MR) is 86.5 cm³/mol. The van der Waals surface area contributed by atoms with Gasteiger partial charge >= 0.3 is 5.97 Å². The van der Waals surface area contributed by atoms with Gasteiger partial charge in [-0.15, -0.1) is 0 Å². The molecular weight excluding hydrogens is 262 g/mol. The van der Waals surface area contributed by atoms with Gasteiger partial charge in [0.1, 0.15) is 0 Å². The van der Waals surface area contributed by atoms with Crippen LogP contribution in [0.5, 0.6) is 0 Å². The van der Waals surface area contributed by atoms with Crippen molar-refractivity contribution < 1.29 is 9.53 Å². The molecule has 0 fully saturated rings. The van der Waals surface area contributed by atoms with Crippen LogP contribution in [-0.2, 0) is 9.53 Å². The van der Waals surface area contributed by atoms with E-state index in [0.29, 0.717) is 12.2 Å². The number of esters is 1. The summed E-state index contributed by atoms with van der Waals surface area (Å²) in [5.74, 6) is -0.312. The molecule has 0 atom stereocenters. The van der Waals surface area contributed by atoms with Crippen molar-refractivity contribution in [3.63, 3.8) is 0 Å². The van der Waals surface area contributed by atoms with Crippen molar-refractivity contribution in [2.24, 2.45) is 0 Å². The third kappa shape index (κ3) is 4.77. The van der Waals surface area contributed by atoms with Crippen molar-refractivity contribution in [3.05, 3.63) is 83.4 Å². The standard InChI is InChI=1S/C19H18O2/c1-2-21-19(20)18(15-17-11-7-4-8-12-17)14-13-16-9-5-3-6-10-16/h3-15H,2H2,1H3/b14-13+,18-15+/i13+1,15+1. The van der Waals surface area contributed by atoms with Gasteiger partial charge in [-0.1, -0.05) is 66.7 Å². The average Bonchev–Trinajstić information content (AvgIpc) is 2.53. The normalized spacial score (nSPS) is 11.6. The highest BCUT2D eigenvalue weighted by molar-refractivity contribution is 5.97. The lowest BCUT2D eigenvalue weighted by Gasteiger charge is -2.03. The number of hydrogen-bond donors (Lipinski definition) is 0. The molecule has 2 rings (SSSR count). The second-order valence-corrected chi connectivity index (χ2v) is 4.47. The molecule has 0 bridgehead atoms. The zero-order valence-corrected chi connectivity index (χ0v) is 12.0. The van der Waals surface area contributed by atoms with Crippen LogP contribution in [0.1, 0.15) is 18.1 Å². The molecule has 21 heavy (non-hydrogen) atoms. The number of carbonyl (C=O) groups is 1. The van der Waals surface area contributed by atoms with Crippen LogP contribution in [0.15, 0.2) is 72.3 Å². The van der Waals surface area contributed by atoms with Crippen LogP contribution in [0, 0.1) is 0 Å². The summed E-state index contributed by atoms with van der Waals surface area (Å²) in [7, 11) is 0. The van der Waals surface area contributed by atoms with Crippen LogP contribution < -0.4 is 0 Å². The minimum atomic E-state index is -0.312. The van der Waals surface area contributed by atoms with Crippen molar-refractivity contribution in [3.8, 4) is 0 Å². The zero-order chi connectivity index (χ0) is 14.9. The van der Waals surface area contributed by atoms with Crippen LogP contribution in [0.3, 0.4) is 0 Å². The molecule has 0 saturated carbocycles. The molecule has 0 spiro atoms. The minimum absolute atomic E-state index is 0.312. The Labute approximate surface area is 125 Å². The Bertz CT molecular complexity index is 625. The smallest absolute Gasteiger partial charge is 0.338 e. The van der Waals surface area contributed by atoms with Gasteiger partial charge in [0.25, 0.3) is 0 Å². The summed E-state index contributed by atoms with van der Waals surface area (Å²) >= 11 is 0. The topological polar surface area (TPSA) is 26.3 Å². The zero-order valence-electron chi connectivity index (χ0n) is 12.0. The maximum atomic E-state index is 12.0. The van der Waals surface area contributed by atoms with E-state index in [0.717, 1.165) is 11.1 Å². The number of ether oxygens (including phenoxy) is 1. The lowest BCUT2D eigenvalue weighted by Crippen LogP contribution is -2.05. The van der Waals surface area contributed by atoms with Gasteiger partial charge < -0.3 is 4.74 Å². The van der Waals surface area contributed by atoms with Crippen LogP contribution in [0.25, 0.3) is 12.2 Å². The molecule has 2 aromatic rings. The van der Waals surface area contributed by atoms with Crippen LogP contribution in [-0.4, -0.2) is 12.6 Å². The fourth-order valence-electron chi connectivity index (χ4n) is 1.87. The largest absolute Gasteiger partial charge is 0.462 e. The van der Waals surface area contributed by atoms with Gasteiger partial charge in [-0.25, -0.2) is 4.79 Å². The Morgan fingerprint density at radius 1 is 0.952 bits per heavy atom. The van der Waals surface area contributed by atoms with E-state index < -0.39 is 0 Å². The summed E-state index contributed by atoms with van der Waals surface area (Å²) in [5, 5.41) is 0. The van der Waals surface area contributed by atoms with E-state index in [1.54, 1.807) is 13.0 Å². The van der Waals surface area contributed by atoms with E-state index in [9.17, 15) is 4.79 Å². The lowest BCUT2D eigenvalue weighted by molar-refractivity contribution is -0.138. The molecule has 0 aliphatic heterocycles. The van der Waals surface area contributed by atoms with Crippen LogP contribution in [0.4, 0.5) is 0 Å². The Morgan fingerprint density at radius 2 is 1.52 bits per heavy atom. The van der Waals surface area contributed by atoms with Gasteiger partial charge in [-0.3, -0.25) is 0 Å². The second kappa shape index (κ2) is 7.85. The van der Waals surface area contributed by atoms with E-state index in [4.69, 9.17) is 4.74 Å². The van der Waals surface area contributed by atoms with E-state index in [2.05, 4.69) is 0 Å². The van der Waals surface area contributed by atoms with Crippen molar-refractivity contribution in [1.29, 1.82) is 0 Å². The third-order valence-electron chi connectivity index (χ3n) is 2.89. The molecule has 0 N–H and O–H groups in total. The summed E-state index contributed by atoms with van der Waals surface area (Å²) in [6.07, 6.45) is 5.53. The first kappa shape index (κ1) is 14.8. The SMILES string of the molecule is CCOC(=O)C(/C=[13CH]/c1ccccc1)=[13CH]/c1ccccc1.